The van der Waals surface area contributed by atoms with Gasteiger partial charge < -0.3 is 5.32 Å². The predicted octanol–water partition coefficient (Wildman–Crippen LogP) is 5.03. The van der Waals surface area contributed by atoms with Crippen LogP contribution in [0.1, 0.15) is 18.1 Å². The SMILES string of the molecule is CCc1ccccc1CC(=O)Nc1c(-c2ccncc2)c(-c2ccc(F)cc2)nn1C. The van der Waals surface area contributed by atoms with Gasteiger partial charge in [-0.05, 0) is 59.5 Å². The van der Waals surface area contributed by atoms with Gasteiger partial charge in [-0.2, -0.15) is 5.10 Å². The molecule has 4 rings (SSSR count). The third-order valence-electron chi connectivity index (χ3n) is 5.24. The highest BCUT2D eigenvalue weighted by Crippen LogP contribution is 2.37. The third kappa shape index (κ3) is 4.38. The number of nitrogens with one attached hydrogen (secondary N) is 1. The predicted molar refractivity (Wildman–Crippen MR) is 120 cm³/mol. The molecular weight excluding hydrogens is 391 g/mol. The monoisotopic (exact) mass is 414 g/mol. The molecule has 0 atom stereocenters. The van der Waals surface area contributed by atoms with Gasteiger partial charge in [-0.25, -0.2) is 4.39 Å². The maximum atomic E-state index is 13.5. The average Bonchev–Trinajstić information content (AvgIpc) is 3.11. The fraction of sp³-hybridized carbons (Fsp3) is 0.160. The summed E-state index contributed by atoms with van der Waals surface area (Å²) >= 11 is 0. The summed E-state index contributed by atoms with van der Waals surface area (Å²) in [5.74, 6) is 0.155. The molecule has 0 bridgehead atoms. The molecule has 0 saturated carbocycles. The summed E-state index contributed by atoms with van der Waals surface area (Å²) in [7, 11) is 1.79. The second-order valence-corrected chi connectivity index (χ2v) is 7.29. The van der Waals surface area contributed by atoms with Crippen molar-refractivity contribution in [3.8, 4) is 22.4 Å². The van der Waals surface area contributed by atoms with Crippen LogP contribution in [0.15, 0.2) is 73.1 Å². The molecule has 0 saturated heterocycles. The lowest BCUT2D eigenvalue weighted by Crippen LogP contribution is -2.18. The van der Waals surface area contributed by atoms with Crippen molar-refractivity contribution >= 4 is 11.7 Å². The number of anilines is 1. The summed E-state index contributed by atoms with van der Waals surface area (Å²) in [6.07, 6.45) is 4.53. The van der Waals surface area contributed by atoms with Gasteiger partial charge in [0.1, 0.15) is 17.3 Å². The minimum Gasteiger partial charge on any atom is -0.310 e. The number of nitrogens with zero attached hydrogens (tertiary/aromatic N) is 3. The standard InChI is InChI=1S/C25H23FN4O/c1-3-17-6-4-5-7-20(17)16-22(31)28-25-23(18-12-14-27-15-13-18)24(29-30(25)2)19-8-10-21(26)11-9-19/h4-15H,3,16H2,1-2H3,(H,28,31). The fourth-order valence-electron chi connectivity index (χ4n) is 3.69. The molecule has 0 aliphatic heterocycles. The van der Waals surface area contributed by atoms with Crippen molar-refractivity contribution in [2.45, 2.75) is 19.8 Å². The number of pyridine rings is 1. The van der Waals surface area contributed by atoms with E-state index in [4.69, 9.17) is 0 Å². The van der Waals surface area contributed by atoms with E-state index in [2.05, 4.69) is 22.3 Å². The Morgan fingerprint density at radius 1 is 0.968 bits per heavy atom. The van der Waals surface area contributed by atoms with Crippen LogP contribution < -0.4 is 5.32 Å². The van der Waals surface area contributed by atoms with Crippen molar-refractivity contribution in [1.82, 2.24) is 14.8 Å². The number of carbonyl (C=O) groups is 1. The molecule has 1 N–H and O–H groups in total. The van der Waals surface area contributed by atoms with Gasteiger partial charge in [0.25, 0.3) is 0 Å². The highest BCUT2D eigenvalue weighted by atomic mass is 19.1. The van der Waals surface area contributed by atoms with Gasteiger partial charge in [0, 0.05) is 25.0 Å². The largest absolute Gasteiger partial charge is 0.310 e. The van der Waals surface area contributed by atoms with Crippen molar-refractivity contribution in [1.29, 1.82) is 0 Å². The molecule has 0 aliphatic carbocycles. The number of hydrogen-bond acceptors (Lipinski definition) is 3. The first kappa shape index (κ1) is 20.5. The molecule has 2 aromatic heterocycles. The lowest BCUT2D eigenvalue weighted by molar-refractivity contribution is -0.115. The first-order valence-corrected chi connectivity index (χ1v) is 10.2. The quantitative estimate of drug-likeness (QED) is 0.481. The number of carbonyl (C=O) groups excluding carboxylic acids is 1. The smallest absolute Gasteiger partial charge is 0.229 e. The van der Waals surface area contributed by atoms with Gasteiger partial charge in [-0.1, -0.05) is 31.2 Å². The van der Waals surface area contributed by atoms with E-state index >= 15 is 0 Å². The van der Waals surface area contributed by atoms with Gasteiger partial charge in [0.2, 0.25) is 5.91 Å². The molecule has 0 unspecified atom stereocenters. The Morgan fingerprint density at radius 3 is 2.32 bits per heavy atom. The number of halogens is 1. The van der Waals surface area contributed by atoms with Crippen molar-refractivity contribution in [2.75, 3.05) is 5.32 Å². The fourth-order valence-corrected chi connectivity index (χ4v) is 3.69. The van der Waals surface area contributed by atoms with E-state index in [-0.39, 0.29) is 18.1 Å². The third-order valence-corrected chi connectivity index (χ3v) is 5.24. The van der Waals surface area contributed by atoms with E-state index in [0.717, 1.165) is 34.2 Å². The Balaban J connectivity index is 1.73. The summed E-state index contributed by atoms with van der Waals surface area (Å²) in [5.41, 5.74) is 5.23. The summed E-state index contributed by atoms with van der Waals surface area (Å²) < 4.78 is 15.1. The molecule has 2 heterocycles. The molecule has 0 aliphatic rings. The number of hydrogen-bond donors (Lipinski definition) is 1. The van der Waals surface area contributed by atoms with Crippen molar-refractivity contribution < 1.29 is 9.18 Å². The molecular formula is C25H23FN4O. The van der Waals surface area contributed by atoms with E-state index < -0.39 is 0 Å². The number of rotatable bonds is 6. The molecule has 5 nitrogen and oxygen atoms in total. The number of amides is 1. The van der Waals surface area contributed by atoms with Crippen LogP contribution in [0.5, 0.6) is 0 Å². The van der Waals surface area contributed by atoms with E-state index in [1.54, 1.807) is 36.3 Å². The molecule has 31 heavy (non-hydrogen) atoms. The number of aromatic nitrogens is 3. The second kappa shape index (κ2) is 8.92. The Morgan fingerprint density at radius 2 is 1.65 bits per heavy atom. The molecule has 156 valence electrons. The van der Waals surface area contributed by atoms with Gasteiger partial charge >= 0.3 is 0 Å². The van der Waals surface area contributed by atoms with Crippen LogP contribution >= 0.6 is 0 Å². The number of aryl methyl sites for hydroxylation is 2. The van der Waals surface area contributed by atoms with Crippen LogP contribution in [-0.4, -0.2) is 20.7 Å². The normalized spacial score (nSPS) is 10.8. The first-order valence-electron chi connectivity index (χ1n) is 10.2. The van der Waals surface area contributed by atoms with Gasteiger partial charge in [0.15, 0.2) is 0 Å². The molecule has 0 radical (unpaired) electrons. The van der Waals surface area contributed by atoms with Crippen LogP contribution in [0.25, 0.3) is 22.4 Å². The molecule has 0 spiro atoms. The highest BCUT2D eigenvalue weighted by molar-refractivity contribution is 5.99. The summed E-state index contributed by atoms with van der Waals surface area (Å²) in [5, 5.41) is 7.69. The van der Waals surface area contributed by atoms with E-state index in [0.29, 0.717) is 11.5 Å². The van der Waals surface area contributed by atoms with Crippen LogP contribution in [-0.2, 0) is 24.7 Å². The zero-order chi connectivity index (χ0) is 21.8. The number of benzene rings is 2. The Hall–Kier alpha value is -3.80. The van der Waals surface area contributed by atoms with Crippen LogP contribution in [0.2, 0.25) is 0 Å². The zero-order valence-corrected chi connectivity index (χ0v) is 17.5. The highest BCUT2D eigenvalue weighted by Gasteiger charge is 2.21. The van der Waals surface area contributed by atoms with Crippen LogP contribution in [0.3, 0.4) is 0 Å². The maximum absolute atomic E-state index is 13.5. The van der Waals surface area contributed by atoms with E-state index in [1.807, 2.05) is 36.4 Å². The zero-order valence-electron chi connectivity index (χ0n) is 17.5. The Bertz CT molecular complexity index is 1200. The van der Waals surface area contributed by atoms with Crippen molar-refractivity contribution in [2.24, 2.45) is 7.05 Å². The topological polar surface area (TPSA) is 59.8 Å². The summed E-state index contributed by atoms with van der Waals surface area (Å²) in [4.78, 5) is 17.1. The Kier molecular flexibility index (Phi) is 5.89. The van der Waals surface area contributed by atoms with Gasteiger partial charge in [-0.15, -0.1) is 0 Å². The van der Waals surface area contributed by atoms with Crippen molar-refractivity contribution in [3.05, 3.63) is 90.0 Å². The van der Waals surface area contributed by atoms with Gasteiger partial charge in [-0.3, -0.25) is 14.5 Å². The first-order chi connectivity index (χ1) is 15.1. The minimum absolute atomic E-state index is 0.120. The lowest BCUT2D eigenvalue weighted by Gasteiger charge is -2.11. The minimum atomic E-state index is -0.312. The van der Waals surface area contributed by atoms with E-state index in [1.165, 1.54) is 12.1 Å². The van der Waals surface area contributed by atoms with Crippen LogP contribution in [0.4, 0.5) is 10.2 Å². The lowest BCUT2D eigenvalue weighted by atomic mass is 10.0. The van der Waals surface area contributed by atoms with Crippen LogP contribution in [0, 0.1) is 5.82 Å². The molecule has 6 heteroatoms. The maximum Gasteiger partial charge on any atom is 0.229 e. The molecule has 1 amide bonds. The molecule has 2 aromatic carbocycles. The van der Waals surface area contributed by atoms with E-state index in [9.17, 15) is 9.18 Å². The molecule has 4 aromatic rings. The van der Waals surface area contributed by atoms with Gasteiger partial charge in [0.05, 0.1) is 12.0 Å². The summed E-state index contributed by atoms with van der Waals surface area (Å²) in [6, 6.07) is 17.9. The second-order valence-electron chi connectivity index (χ2n) is 7.29. The molecule has 0 fully saturated rings. The summed E-state index contributed by atoms with van der Waals surface area (Å²) in [6.45, 7) is 2.08. The Labute approximate surface area is 180 Å². The average molecular weight is 414 g/mol. The van der Waals surface area contributed by atoms with Crippen molar-refractivity contribution in [3.63, 3.8) is 0 Å².